The summed E-state index contributed by atoms with van der Waals surface area (Å²) in [6.07, 6.45) is -4.39. The molecule has 2 rings (SSSR count). The third kappa shape index (κ3) is 3.66. The molecule has 0 unspecified atom stereocenters. The normalized spacial score (nSPS) is 11.4. The molecule has 0 amide bonds. The van der Waals surface area contributed by atoms with Gasteiger partial charge in [-0.05, 0) is 35.9 Å². The lowest BCUT2D eigenvalue weighted by Crippen LogP contribution is -2.07. The van der Waals surface area contributed by atoms with Crippen molar-refractivity contribution in [1.29, 1.82) is 0 Å². The number of halogens is 3. The molecule has 0 aromatic heterocycles. The van der Waals surface area contributed by atoms with E-state index in [1.165, 1.54) is 6.07 Å². The van der Waals surface area contributed by atoms with Crippen LogP contribution in [0.1, 0.15) is 5.56 Å². The molecule has 4 N–H and O–H groups in total. The van der Waals surface area contributed by atoms with Crippen LogP contribution >= 0.6 is 0 Å². The van der Waals surface area contributed by atoms with E-state index < -0.39 is 11.7 Å². The number of benzene rings is 2. The van der Waals surface area contributed by atoms with E-state index in [-0.39, 0.29) is 6.61 Å². The number of nitrogen functional groups attached to an aromatic ring is 1. The van der Waals surface area contributed by atoms with Crippen LogP contribution in [0.3, 0.4) is 0 Å². The average molecular weight is 296 g/mol. The monoisotopic (exact) mass is 296 g/mol. The number of hydrogen-bond donors (Lipinski definition) is 3. The Labute approximate surface area is 120 Å². The van der Waals surface area contributed by atoms with E-state index in [2.05, 4.69) is 5.32 Å². The van der Waals surface area contributed by atoms with E-state index in [4.69, 9.17) is 10.8 Å². The maximum atomic E-state index is 12.8. The van der Waals surface area contributed by atoms with Crippen molar-refractivity contribution >= 4 is 11.4 Å². The Bertz CT molecular complexity index is 627. The van der Waals surface area contributed by atoms with Gasteiger partial charge in [0.1, 0.15) is 0 Å². The van der Waals surface area contributed by atoms with Crippen molar-refractivity contribution in [3.05, 3.63) is 48.0 Å². The van der Waals surface area contributed by atoms with Gasteiger partial charge in [-0.25, -0.2) is 0 Å². The van der Waals surface area contributed by atoms with Crippen LogP contribution in [0.4, 0.5) is 24.5 Å². The SMILES string of the molecule is Nc1ccc(NCCO)c(-c2cccc(C(F)(F)F)c2)c1. The third-order valence-electron chi connectivity index (χ3n) is 2.97. The van der Waals surface area contributed by atoms with Gasteiger partial charge in [0.25, 0.3) is 0 Å². The van der Waals surface area contributed by atoms with Gasteiger partial charge >= 0.3 is 6.18 Å². The molecule has 2 aromatic rings. The van der Waals surface area contributed by atoms with E-state index in [9.17, 15) is 13.2 Å². The summed E-state index contributed by atoms with van der Waals surface area (Å²) < 4.78 is 38.4. The summed E-state index contributed by atoms with van der Waals surface area (Å²) in [5.41, 5.74) is 7.06. The molecular weight excluding hydrogens is 281 g/mol. The van der Waals surface area contributed by atoms with Gasteiger partial charge in [-0.2, -0.15) is 13.2 Å². The lowest BCUT2D eigenvalue weighted by Gasteiger charge is -2.14. The van der Waals surface area contributed by atoms with E-state index in [0.717, 1.165) is 12.1 Å². The first kappa shape index (κ1) is 15.2. The highest BCUT2D eigenvalue weighted by atomic mass is 19.4. The van der Waals surface area contributed by atoms with Gasteiger partial charge < -0.3 is 16.2 Å². The summed E-state index contributed by atoms with van der Waals surface area (Å²) >= 11 is 0. The standard InChI is InChI=1S/C15H15F3N2O/c16-15(17,18)11-3-1-2-10(8-11)13-9-12(19)4-5-14(13)20-6-7-21/h1-5,8-9,20-21H,6-7,19H2. The fourth-order valence-electron chi connectivity index (χ4n) is 2.01. The molecule has 0 spiro atoms. The highest BCUT2D eigenvalue weighted by molar-refractivity contribution is 5.81. The molecule has 21 heavy (non-hydrogen) atoms. The summed E-state index contributed by atoms with van der Waals surface area (Å²) in [4.78, 5) is 0. The van der Waals surface area contributed by atoms with Gasteiger partial charge in [0.05, 0.1) is 12.2 Å². The number of anilines is 2. The first-order valence-corrected chi connectivity index (χ1v) is 6.33. The number of rotatable bonds is 4. The predicted molar refractivity (Wildman–Crippen MR) is 76.9 cm³/mol. The molecule has 0 radical (unpaired) electrons. The number of nitrogens with one attached hydrogen (secondary N) is 1. The van der Waals surface area contributed by atoms with Crippen molar-refractivity contribution in [1.82, 2.24) is 0 Å². The molecule has 0 aliphatic heterocycles. The van der Waals surface area contributed by atoms with Crippen LogP contribution in [-0.2, 0) is 6.18 Å². The fourth-order valence-corrected chi connectivity index (χ4v) is 2.01. The Morgan fingerprint density at radius 3 is 2.52 bits per heavy atom. The minimum Gasteiger partial charge on any atom is -0.399 e. The molecular formula is C15H15F3N2O. The smallest absolute Gasteiger partial charge is 0.399 e. The zero-order valence-corrected chi connectivity index (χ0v) is 11.1. The molecule has 0 saturated heterocycles. The van der Waals surface area contributed by atoms with E-state index in [1.54, 1.807) is 24.3 Å². The molecule has 0 saturated carbocycles. The van der Waals surface area contributed by atoms with Crippen LogP contribution in [-0.4, -0.2) is 18.3 Å². The van der Waals surface area contributed by atoms with Crippen LogP contribution in [0.25, 0.3) is 11.1 Å². The molecule has 0 heterocycles. The molecule has 112 valence electrons. The fraction of sp³-hybridized carbons (Fsp3) is 0.200. The molecule has 0 aliphatic rings. The van der Waals surface area contributed by atoms with Crippen LogP contribution in [0.2, 0.25) is 0 Å². The summed E-state index contributed by atoms with van der Waals surface area (Å²) in [7, 11) is 0. The van der Waals surface area contributed by atoms with Crippen molar-refractivity contribution < 1.29 is 18.3 Å². The number of aliphatic hydroxyl groups is 1. The molecule has 0 bridgehead atoms. The third-order valence-corrected chi connectivity index (χ3v) is 2.97. The Balaban J connectivity index is 2.47. The Morgan fingerprint density at radius 1 is 1.10 bits per heavy atom. The maximum absolute atomic E-state index is 12.8. The second-order valence-electron chi connectivity index (χ2n) is 4.53. The quantitative estimate of drug-likeness (QED) is 0.758. The molecule has 0 aliphatic carbocycles. The van der Waals surface area contributed by atoms with Gasteiger partial charge in [0, 0.05) is 23.5 Å². The van der Waals surface area contributed by atoms with Gasteiger partial charge in [0.2, 0.25) is 0 Å². The molecule has 0 atom stereocenters. The Kier molecular flexibility index (Phi) is 4.37. The van der Waals surface area contributed by atoms with Gasteiger partial charge in [0.15, 0.2) is 0 Å². The van der Waals surface area contributed by atoms with Crippen molar-refractivity contribution in [2.24, 2.45) is 0 Å². The zero-order chi connectivity index (χ0) is 15.5. The minimum atomic E-state index is -4.39. The zero-order valence-electron chi connectivity index (χ0n) is 11.1. The van der Waals surface area contributed by atoms with Crippen molar-refractivity contribution in [3.63, 3.8) is 0 Å². The van der Waals surface area contributed by atoms with Gasteiger partial charge in [-0.3, -0.25) is 0 Å². The summed E-state index contributed by atoms with van der Waals surface area (Å²) in [5.74, 6) is 0. The average Bonchev–Trinajstić information content (AvgIpc) is 2.45. The Hall–Kier alpha value is -2.21. The molecule has 3 nitrogen and oxygen atoms in total. The largest absolute Gasteiger partial charge is 0.416 e. The van der Waals surface area contributed by atoms with Crippen LogP contribution in [0, 0.1) is 0 Å². The van der Waals surface area contributed by atoms with Gasteiger partial charge in [-0.15, -0.1) is 0 Å². The molecule has 2 aromatic carbocycles. The van der Waals surface area contributed by atoms with E-state index in [0.29, 0.717) is 29.0 Å². The lowest BCUT2D eigenvalue weighted by atomic mass is 10.0. The lowest BCUT2D eigenvalue weighted by molar-refractivity contribution is -0.137. The number of aliphatic hydroxyl groups excluding tert-OH is 1. The van der Waals surface area contributed by atoms with E-state index >= 15 is 0 Å². The summed E-state index contributed by atoms with van der Waals surface area (Å²) in [6, 6.07) is 9.99. The van der Waals surface area contributed by atoms with Crippen molar-refractivity contribution in [3.8, 4) is 11.1 Å². The predicted octanol–water partition coefficient (Wildman–Crippen LogP) is 3.36. The van der Waals surface area contributed by atoms with Crippen molar-refractivity contribution in [2.75, 3.05) is 24.2 Å². The van der Waals surface area contributed by atoms with Crippen LogP contribution in [0.5, 0.6) is 0 Å². The topological polar surface area (TPSA) is 58.3 Å². The first-order chi connectivity index (χ1) is 9.91. The highest BCUT2D eigenvalue weighted by Gasteiger charge is 2.30. The number of hydrogen-bond acceptors (Lipinski definition) is 3. The summed E-state index contributed by atoms with van der Waals surface area (Å²) in [5, 5.41) is 11.8. The second kappa shape index (κ2) is 6.05. The Morgan fingerprint density at radius 2 is 1.86 bits per heavy atom. The van der Waals surface area contributed by atoms with Crippen LogP contribution < -0.4 is 11.1 Å². The second-order valence-corrected chi connectivity index (χ2v) is 4.53. The van der Waals surface area contributed by atoms with Gasteiger partial charge in [-0.1, -0.05) is 12.1 Å². The van der Waals surface area contributed by atoms with Crippen LogP contribution in [0.15, 0.2) is 42.5 Å². The molecule has 6 heteroatoms. The van der Waals surface area contributed by atoms with Crippen molar-refractivity contribution in [2.45, 2.75) is 6.18 Å². The number of alkyl halides is 3. The highest BCUT2D eigenvalue weighted by Crippen LogP contribution is 2.35. The number of nitrogens with two attached hydrogens (primary N) is 1. The first-order valence-electron chi connectivity index (χ1n) is 6.33. The minimum absolute atomic E-state index is 0.0770. The summed E-state index contributed by atoms with van der Waals surface area (Å²) in [6.45, 7) is 0.224. The molecule has 0 fully saturated rings. The van der Waals surface area contributed by atoms with E-state index in [1.807, 2.05) is 0 Å². The maximum Gasteiger partial charge on any atom is 0.416 e.